The van der Waals surface area contributed by atoms with Crippen LogP contribution in [0.5, 0.6) is 5.75 Å². The Kier molecular flexibility index (Phi) is 4.55. The minimum absolute atomic E-state index is 0.0182. The van der Waals surface area contributed by atoms with Crippen LogP contribution in [0.3, 0.4) is 0 Å². The van der Waals surface area contributed by atoms with Gasteiger partial charge in [0, 0.05) is 5.54 Å². The Balaban J connectivity index is 2.28. The van der Waals surface area contributed by atoms with Gasteiger partial charge in [-0.3, -0.25) is 4.79 Å². The Morgan fingerprint density at radius 1 is 1.24 bits per heavy atom. The van der Waals surface area contributed by atoms with Crippen LogP contribution in [0.25, 0.3) is 0 Å². The number of hydrogen-bond acceptors (Lipinski definition) is 2. The molecule has 0 bridgehead atoms. The van der Waals surface area contributed by atoms with Crippen molar-refractivity contribution in [3.63, 3.8) is 0 Å². The van der Waals surface area contributed by atoms with E-state index in [2.05, 4.69) is 5.32 Å². The zero-order valence-corrected chi connectivity index (χ0v) is 11.0. The largest absolute Gasteiger partial charge is 0.493 e. The van der Waals surface area contributed by atoms with Crippen molar-refractivity contribution in [2.45, 2.75) is 39.7 Å². The molecule has 3 heteroatoms. The number of carbonyl (C=O) groups is 1. The lowest BCUT2D eigenvalue weighted by Crippen LogP contribution is -2.41. The normalized spacial score (nSPS) is 11.1. The van der Waals surface area contributed by atoms with E-state index in [-0.39, 0.29) is 11.4 Å². The SMILES string of the molecule is Cc1ccc(OCCC(=O)NC(C)(C)C)cc1. The van der Waals surface area contributed by atoms with E-state index in [1.165, 1.54) is 5.56 Å². The first kappa shape index (κ1) is 13.6. The van der Waals surface area contributed by atoms with Crippen LogP contribution in [0.4, 0.5) is 0 Å². The summed E-state index contributed by atoms with van der Waals surface area (Å²) < 4.78 is 5.49. The number of amides is 1. The highest BCUT2D eigenvalue weighted by molar-refractivity contribution is 5.76. The maximum Gasteiger partial charge on any atom is 0.223 e. The van der Waals surface area contributed by atoms with E-state index >= 15 is 0 Å². The number of aryl methyl sites for hydroxylation is 1. The fourth-order valence-corrected chi connectivity index (χ4v) is 1.38. The fourth-order valence-electron chi connectivity index (χ4n) is 1.38. The number of hydrogen-bond donors (Lipinski definition) is 1. The van der Waals surface area contributed by atoms with Gasteiger partial charge in [0.25, 0.3) is 0 Å². The van der Waals surface area contributed by atoms with E-state index in [1.54, 1.807) is 0 Å². The third-order valence-corrected chi connectivity index (χ3v) is 2.13. The molecule has 0 aliphatic carbocycles. The van der Waals surface area contributed by atoms with Gasteiger partial charge < -0.3 is 10.1 Å². The van der Waals surface area contributed by atoms with Crippen molar-refractivity contribution in [1.29, 1.82) is 0 Å². The number of nitrogens with one attached hydrogen (secondary N) is 1. The molecule has 0 atom stereocenters. The second-order valence-corrected chi connectivity index (χ2v) is 5.21. The third kappa shape index (κ3) is 5.95. The van der Waals surface area contributed by atoms with E-state index in [4.69, 9.17) is 4.74 Å². The fraction of sp³-hybridized carbons (Fsp3) is 0.500. The second-order valence-electron chi connectivity index (χ2n) is 5.21. The summed E-state index contributed by atoms with van der Waals surface area (Å²) in [6, 6.07) is 7.81. The Labute approximate surface area is 103 Å². The lowest BCUT2D eigenvalue weighted by molar-refractivity contribution is -0.122. The summed E-state index contributed by atoms with van der Waals surface area (Å²) in [5, 5.41) is 2.90. The first-order valence-corrected chi connectivity index (χ1v) is 5.87. The van der Waals surface area contributed by atoms with E-state index < -0.39 is 0 Å². The van der Waals surface area contributed by atoms with Crippen LogP contribution >= 0.6 is 0 Å². The highest BCUT2D eigenvalue weighted by Gasteiger charge is 2.13. The van der Waals surface area contributed by atoms with Crippen LogP contribution in [0.1, 0.15) is 32.8 Å². The summed E-state index contributed by atoms with van der Waals surface area (Å²) in [6.07, 6.45) is 0.380. The summed E-state index contributed by atoms with van der Waals surface area (Å²) in [5.74, 6) is 0.823. The molecule has 0 heterocycles. The van der Waals surface area contributed by atoms with Gasteiger partial charge in [-0.05, 0) is 39.8 Å². The topological polar surface area (TPSA) is 38.3 Å². The molecule has 1 aromatic rings. The molecule has 0 aromatic heterocycles. The molecule has 1 amide bonds. The molecular formula is C14H21NO2. The van der Waals surface area contributed by atoms with Gasteiger partial charge in [-0.1, -0.05) is 17.7 Å². The quantitative estimate of drug-likeness (QED) is 0.871. The van der Waals surface area contributed by atoms with Gasteiger partial charge in [-0.25, -0.2) is 0 Å². The van der Waals surface area contributed by atoms with Gasteiger partial charge in [0.1, 0.15) is 5.75 Å². The van der Waals surface area contributed by atoms with E-state index in [0.29, 0.717) is 13.0 Å². The predicted octanol–water partition coefficient (Wildman–Crippen LogP) is 2.68. The smallest absolute Gasteiger partial charge is 0.223 e. The number of ether oxygens (including phenoxy) is 1. The molecule has 94 valence electrons. The van der Waals surface area contributed by atoms with Crippen molar-refractivity contribution in [3.05, 3.63) is 29.8 Å². The first-order chi connectivity index (χ1) is 7.87. The molecule has 1 N–H and O–H groups in total. The molecule has 0 radical (unpaired) electrons. The van der Waals surface area contributed by atoms with Gasteiger partial charge in [0.05, 0.1) is 13.0 Å². The molecule has 0 fully saturated rings. The highest BCUT2D eigenvalue weighted by Crippen LogP contribution is 2.11. The summed E-state index contributed by atoms with van der Waals surface area (Å²) in [7, 11) is 0. The molecule has 17 heavy (non-hydrogen) atoms. The number of carbonyl (C=O) groups excluding carboxylic acids is 1. The van der Waals surface area contributed by atoms with Gasteiger partial charge in [0.15, 0.2) is 0 Å². The molecule has 0 saturated heterocycles. The van der Waals surface area contributed by atoms with Gasteiger partial charge in [-0.2, -0.15) is 0 Å². The minimum atomic E-state index is -0.180. The molecule has 0 aliphatic rings. The standard InChI is InChI=1S/C14H21NO2/c1-11-5-7-12(8-6-11)17-10-9-13(16)15-14(2,3)4/h5-8H,9-10H2,1-4H3,(H,15,16). The van der Waals surface area contributed by atoms with Crippen molar-refractivity contribution in [2.75, 3.05) is 6.61 Å². The summed E-state index contributed by atoms with van der Waals surface area (Å²) in [4.78, 5) is 11.5. The van der Waals surface area contributed by atoms with Crippen LogP contribution in [-0.2, 0) is 4.79 Å². The Morgan fingerprint density at radius 3 is 2.35 bits per heavy atom. The monoisotopic (exact) mass is 235 g/mol. The highest BCUT2D eigenvalue weighted by atomic mass is 16.5. The van der Waals surface area contributed by atoms with Crippen molar-refractivity contribution < 1.29 is 9.53 Å². The van der Waals surface area contributed by atoms with Crippen molar-refractivity contribution in [3.8, 4) is 5.75 Å². The number of benzene rings is 1. The van der Waals surface area contributed by atoms with Crippen LogP contribution in [-0.4, -0.2) is 18.1 Å². The summed E-state index contributed by atoms with van der Waals surface area (Å²) in [5.41, 5.74) is 1.02. The van der Waals surface area contributed by atoms with Crippen molar-refractivity contribution in [1.82, 2.24) is 5.32 Å². The van der Waals surface area contributed by atoms with Crippen LogP contribution in [0, 0.1) is 6.92 Å². The van der Waals surface area contributed by atoms with Gasteiger partial charge in [-0.15, -0.1) is 0 Å². The molecule has 1 rings (SSSR count). The van der Waals surface area contributed by atoms with Crippen LogP contribution in [0.15, 0.2) is 24.3 Å². The molecule has 0 unspecified atom stereocenters. The van der Waals surface area contributed by atoms with Gasteiger partial charge in [0.2, 0.25) is 5.91 Å². The Hall–Kier alpha value is -1.51. The first-order valence-electron chi connectivity index (χ1n) is 5.87. The van der Waals surface area contributed by atoms with Crippen LogP contribution < -0.4 is 10.1 Å². The molecule has 3 nitrogen and oxygen atoms in total. The lowest BCUT2D eigenvalue weighted by atomic mass is 10.1. The predicted molar refractivity (Wildman–Crippen MR) is 69.2 cm³/mol. The average Bonchev–Trinajstić information content (AvgIpc) is 2.18. The lowest BCUT2D eigenvalue weighted by Gasteiger charge is -2.20. The molecule has 0 saturated carbocycles. The minimum Gasteiger partial charge on any atom is -0.493 e. The van der Waals surface area contributed by atoms with Crippen molar-refractivity contribution >= 4 is 5.91 Å². The maximum atomic E-state index is 11.5. The Morgan fingerprint density at radius 2 is 1.82 bits per heavy atom. The number of rotatable bonds is 4. The molecular weight excluding hydrogens is 214 g/mol. The Bertz CT molecular complexity index is 363. The maximum absolute atomic E-state index is 11.5. The third-order valence-electron chi connectivity index (χ3n) is 2.13. The van der Waals surface area contributed by atoms with E-state index in [0.717, 1.165) is 5.75 Å². The zero-order valence-electron chi connectivity index (χ0n) is 11.0. The summed E-state index contributed by atoms with van der Waals surface area (Å²) >= 11 is 0. The van der Waals surface area contributed by atoms with Gasteiger partial charge >= 0.3 is 0 Å². The van der Waals surface area contributed by atoms with E-state index in [1.807, 2.05) is 52.0 Å². The zero-order chi connectivity index (χ0) is 12.9. The van der Waals surface area contributed by atoms with E-state index in [9.17, 15) is 4.79 Å². The van der Waals surface area contributed by atoms with Crippen LogP contribution in [0.2, 0.25) is 0 Å². The summed E-state index contributed by atoms with van der Waals surface area (Å²) in [6.45, 7) is 8.33. The molecule has 1 aromatic carbocycles. The molecule has 0 aliphatic heterocycles. The van der Waals surface area contributed by atoms with Crippen molar-refractivity contribution in [2.24, 2.45) is 0 Å². The second kappa shape index (κ2) is 5.71. The molecule has 0 spiro atoms. The average molecular weight is 235 g/mol.